The van der Waals surface area contributed by atoms with E-state index in [2.05, 4.69) is 32.6 Å². The molecule has 0 amide bonds. The van der Waals surface area contributed by atoms with Gasteiger partial charge in [0.2, 0.25) is 0 Å². The molecule has 0 fully saturated rings. The van der Waals surface area contributed by atoms with Crippen LogP contribution in [0.2, 0.25) is 0 Å². The van der Waals surface area contributed by atoms with Gasteiger partial charge in [0.05, 0.1) is 22.8 Å². The van der Waals surface area contributed by atoms with E-state index in [1.165, 1.54) is 5.56 Å². The first-order valence-corrected chi connectivity index (χ1v) is 6.57. The molecule has 2 aromatic heterocycles. The number of aromatic nitrogens is 3. The Morgan fingerprint density at radius 2 is 2.12 bits per heavy atom. The van der Waals surface area contributed by atoms with Crippen molar-refractivity contribution in [3.05, 3.63) is 38.9 Å². The van der Waals surface area contributed by atoms with Gasteiger partial charge in [-0.15, -0.1) is 11.3 Å². The summed E-state index contributed by atoms with van der Waals surface area (Å²) >= 11 is 1.67. The zero-order chi connectivity index (χ0) is 11.8. The molecule has 2 aromatic rings. The minimum Gasteiger partial charge on any atom is -0.307 e. The molecule has 1 aliphatic rings. The van der Waals surface area contributed by atoms with E-state index in [-0.39, 0.29) is 0 Å². The average Bonchev–Trinajstić information content (AvgIpc) is 2.87. The Labute approximate surface area is 104 Å². The first kappa shape index (κ1) is 10.8. The van der Waals surface area contributed by atoms with Gasteiger partial charge in [0.15, 0.2) is 0 Å². The standard InChI is InChI=1S/C12H14N4S/c1-7-10-4-13-5-11(10)16-12(14-7)3-9-6-17-8(2)15-9/h6,13H,3-5H2,1-2H3. The SMILES string of the molecule is Cc1nc(Cc2nc(C)c3c(n2)CNC3)cs1. The Kier molecular flexibility index (Phi) is 2.64. The number of thiazole rings is 1. The summed E-state index contributed by atoms with van der Waals surface area (Å²) in [5.41, 5.74) is 4.59. The summed E-state index contributed by atoms with van der Waals surface area (Å²) in [5.74, 6) is 0.884. The minimum absolute atomic E-state index is 0.735. The fourth-order valence-corrected chi connectivity index (χ4v) is 2.74. The summed E-state index contributed by atoms with van der Waals surface area (Å²) in [5, 5.41) is 6.49. The highest BCUT2D eigenvalue weighted by atomic mass is 32.1. The van der Waals surface area contributed by atoms with Crippen LogP contribution in [0.5, 0.6) is 0 Å². The summed E-state index contributed by atoms with van der Waals surface area (Å²) in [7, 11) is 0. The first-order valence-electron chi connectivity index (χ1n) is 5.69. The Morgan fingerprint density at radius 3 is 2.88 bits per heavy atom. The third-order valence-electron chi connectivity index (χ3n) is 2.95. The van der Waals surface area contributed by atoms with Crippen molar-refractivity contribution in [3.8, 4) is 0 Å². The van der Waals surface area contributed by atoms with Crippen molar-refractivity contribution in [1.82, 2.24) is 20.3 Å². The number of nitrogens with zero attached hydrogens (tertiary/aromatic N) is 3. The fourth-order valence-electron chi connectivity index (χ4n) is 2.13. The number of nitrogens with one attached hydrogen (secondary N) is 1. The second kappa shape index (κ2) is 4.16. The van der Waals surface area contributed by atoms with Crippen molar-refractivity contribution in [1.29, 1.82) is 0 Å². The largest absolute Gasteiger partial charge is 0.307 e. The molecule has 0 radical (unpaired) electrons. The molecule has 17 heavy (non-hydrogen) atoms. The molecule has 0 unspecified atom stereocenters. The van der Waals surface area contributed by atoms with Gasteiger partial charge in [-0.1, -0.05) is 0 Å². The van der Waals surface area contributed by atoms with Crippen LogP contribution in [0.3, 0.4) is 0 Å². The van der Waals surface area contributed by atoms with Gasteiger partial charge in [-0.25, -0.2) is 15.0 Å². The second-order valence-corrected chi connectivity index (χ2v) is 5.35. The molecule has 0 bridgehead atoms. The molecular formula is C12H14N4S. The Balaban J connectivity index is 1.91. The Bertz CT molecular complexity index is 562. The van der Waals surface area contributed by atoms with E-state index in [4.69, 9.17) is 0 Å². The van der Waals surface area contributed by atoms with Gasteiger partial charge < -0.3 is 5.32 Å². The second-order valence-electron chi connectivity index (χ2n) is 4.29. The van der Waals surface area contributed by atoms with Gasteiger partial charge in [-0.3, -0.25) is 0 Å². The van der Waals surface area contributed by atoms with Gasteiger partial charge in [0.1, 0.15) is 5.82 Å². The van der Waals surface area contributed by atoms with E-state index >= 15 is 0 Å². The van der Waals surface area contributed by atoms with Crippen molar-refractivity contribution in [2.45, 2.75) is 33.4 Å². The summed E-state index contributed by atoms with van der Waals surface area (Å²) in [6, 6.07) is 0. The van der Waals surface area contributed by atoms with Gasteiger partial charge in [0.25, 0.3) is 0 Å². The smallest absolute Gasteiger partial charge is 0.134 e. The quantitative estimate of drug-likeness (QED) is 0.877. The summed E-state index contributed by atoms with van der Waals surface area (Å²) in [6.07, 6.45) is 0.735. The molecule has 0 saturated carbocycles. The molecule has 0 aromatic carbocycles. The van der Waals surface area contributed by atoms with E-state index in [0.29, 0.717) is 0 Å². The van der Waals surface area contributed by atoms with Gasteiger partial charge in [-0.2, -0.15) is 0 Å². The molecule has 4 nitrogen and oxygen atoms in total. The predicted molar refractivity (Wildman–Crippen MR) is 67.0 cm³/mol. The zero-order valence-corrected chi connectivity index (χ0v) is 10.8. The Hall–Kier alpha value is -1.33. The normalized spacial score (nSPS) is 14.0. The average molecular weight is 246 g/mol. The van der Waals surface area contributed by atoms with Crippen LogP contribution in [0.1, 0.15) is 33.5 Å². The van der Waals surface area contributed by atoms with Crippen LogP contribution in [0.4, 0.5) is 0 Å². The van der Waals surface area contributed by atoms with Gasteiger partial charge in [-0.05, 0) is 13.8 Å². The van der Waals surface area contributed by atoms with E-state index in [1.54, 1.807) is 11.3 Å². The molecule has 3 heterocycles. The highest BCUT2D eigenvalue weighted by molar-refractivity contribution is 7.09. The molecule has 0 spiro atoms. The lowest BCUT2D eigenvalue weighted by Gasteiger charge is -2.04. The van der Waals surface area contributed by atoms with Crippen LogP contribution >= 0.6 is 11.3 Å². The highest BCUT2D eigenvalue weighted by Gasteiger charge is 2.16. The topological polar surface area (TPSA) is 50.7 Å². The number of fused-ring (bicyclic) bond motifs is 1. The van der Waals surface area contributed by atoms with Crippen LogP contribution in [-0.4, -0.2) is 15.0 Å². The molecule has 0 saturated heterocycles. The van der Waals surface area contributed by atoms with Crippen molar-refractivity contribution in [3.63, 3.8) is 0 Å². The lowest BCUT2D eigenvalue weighted by Crippen LogP contribution is -2.04. The fraction of sp³-hybridized carbons (Fsp3) is 0.417. The maximum absolute atomic E-state index is 4.61. The molecule has 88 valence electrons. The van der Waals surface area contributed by atoms with Crippen molar-refractivity contribution >= 4 is 11.3 Å². The first-order chi connectivity index (χ1) is 8.22. The molecule has 1 aliphatic heterocycles. The number of hydrogen-bond donors (Lipinski definition) is 1. The molecule has 0 atom stereocenters. The van der Waals surface area contributed by atoms with E-state index in [9.17, 15) is 0 Å². The maximum Gasteiger partial charge on any atom is 0.134 e. The number of hydrogen-bond acceptors (Lipinski definition) is 5. The van der Waals surface area contributed by atoms with E-state index in [0.717, 1.165) is 47.4 Å². The monoisotopic (exact) mass is 246 g/mol. The highest BCUT2D eigenvalue weighted by Crippen LogP contribution is 2.18. The van der Waals surface area contributed by atoms with Gasteiger partial charge in [0, 0.05) is 29.7 Å². The van der Waals surface area contributed by atoms with Crippen molar-refractivity contribution in [2.75, 3.05) is 0 Å². The lowest BCUT2D eigenvalue weighted by molar-refractivity contribution is 0.755. The third kappa shape index (κ3) is 2.08. The molecule has 5 heteroatoms. The molecule has 3 rings (SSSR count). The van der Waals surface area contributed by atoms with E-state index < -0.39 is 0 Å². The zero-order valence-electron chi connectivity index (χ0n) is 9.95. The van der Waals surface area contributed by atoms with Crippen LogP contribution in [0, 0.1) is 13.8 Å². The van der Waals surface area contributed by atoms with Gasteiger partial charge >= 0.3 is 0 Å². The lowest BCUT2D eigenvalue weighted by atomic mass is 10.2. The Morgan fingerprint density at radius 1 is 1.24 bits per heavy atom. The van der Waals surface area contributed by atoms with E-state index in [1.807, 2.05) is 6.92 Å². The summed E-state index contributed by atoms with van der Waals surface area (Å²) < 4.78 is 0. The van der Waals surface area contributed by atoms with Crippen LogP contribution in [0.15, 0.2) is 5.38 Å². The van der Waals surface area contributed by atoms with Crippen LogP contribution in [0.25, 0.3) is 0 Å². The minimum atomic E-state index is 0.735. The summed E-state index contributed by atoms with van der Waals surface area (Å²) in [6.45, 7) is 5.84. The molecule has 0 aliphatic carbocycles. The maximum atomic E-state index is 4.61. The molecule has 1 N–H and O–H groups in total. The molecular weight excluding hydrogens is 232 g/mol. The predicted octanol–water partition coefficient (Wildman–Crippen LogP) is 1.74. The van der Waals surface area contributed by atoms with Crippen molar-refractivity contribution < 1.29 is 0 Å². The van der Waals surface area contributed by atoms with Crippen LogP contribution in [-0.2, 0) is 19.5 Å². The van der Waals surface area contributed by atoms with Crippen LogP contribution < -0.4 is 5.32 Å². The third-order valence-corrected chi connectivity index (χ3v) is 3.77. The summed E-state index contributed by atoms with van der Waals surface area (Å²) in [4.78, 5) is 13.6. The number of aryl methyl sites for hydroxylation is 2. The number of rotatable bonds is 2. The van der Waals surface area contributed by atoms with Crippen molar-refractivity contribution in [2.24, 2.45) is 0 Å².